The van der Waals surface area contributed by atoms with Crippen molar-refractivity contribution in [2.24, 2.45) is 0 Å². The predicted octanol–water partition coefficient (Wildman–Crippen LogP) is 1.83. The van der Waals surface area contributed by atoms with E-state index in [1.807, 2.05) is 18.2 Å². The number of benzene rings is 1. The molecule has 0 spiro atoms. The maximum absolute atomic E-state index is 10.3. The first-order valence-corrected chi connectivity index (χ1v) is 5.63. The zero-order valence-electron chi connectivity index (χ0n) is 9.47. The smallest absolute Gasteiger partial charge is 0.207 e. The van der Waals surface area contributed by atoms with Crippen molar-refractivity contribution in [2.75, 3.05) is 0 Å². The highest BCUT2D eigenvalue weighted by Crippen LogP contribution is 2.29. The molecule has 1 heterocycles. The number of carbonyl (C=O) groups excluding carboxylic acids is 1. The first-order chi connectivity index (χ1) is 8.42. The third kappa shape index (κ3) is 2.93. The average Bonchev–Trinajstić information content (AvgIpc) is 3.02. The van der Waals surface area contributed by atoms with Gasteiger partial charge in [-0.05, 0) is 30.0 Å². The molecule has 1 atom stereocenters. The van der Waals surface area contributed by atoms with E-state index in [9.17, 15) is 4.79 Å². The molecular weight excluding hydrogens is 214 g/mol. The molecule has 4 nitrogen and oxygen atoms in total. The largest absolute Gasteiger partial charge is 0.352 e. The average molecular weight is 229 g/mol. The number of nitrogens with zero attached hydrogens (tertiary/aromatic N) is 1. The number of H-pyrrole nitrogens is 1. The zero-order chi connectivity index (χ0) is 11.9. The quantitative estimate of drug-likeness (QED) is 0.772. The van der Waals surface area contributed by atoms with E-state index >= 15 is 0 Å². The highest BCUT2D eigenvalue weighted by atomic mass is 16.1. The molecule has 4 heteroatoms. The monoisotopic (exact) mass is 229 g/mol. The summed E-state index contributed by atoms with van der Waals surface area (Å²) >= 11 is 0. The minimum Gasteiger partial charge on any atom is -0.352 e. The van der Waals surface area contributed by atoms with E-state index in [0.717, 1.165) is 19.3 Å². The lowest BCUT2D eigenvalue weighted by Gasteiger charge is -2.08. The normalized spacial score (nSPS) is 16.6. The molecular formula is C13H15N3O. The minimum absolute atomic E-state index is 0.249. The van der Waals surface area contributed by atoms with E-state index in [4.69, 9.17) is 0 Å². The van der Waals surface area contributed by atoms with Gasteiger partial charge in [0.1, 0.15) is 0 Å². The predicted molar refractivity (Wildman–Crippen MR) is 65.3 cm³/mol. The third-order valence-corrected chi connectivity index (χ3v) is 2.81. The van der Waals surface area contributed by atoms with Crippen molar-refractivity contribution in [3.8, 4) is 0 Å². The Morgan fingerprint density at radius 3 is 2.88 bits per heavy atom. The first kappa shape index (κ1) is 11.4. The fraction of sp³-hybridized carbons (Fsp3) is 0.231. The Hall–Kier alpha value is -2.10. The second kappa shape index (κ2) is 5.84. The highest BCUT2D eigenvalue weighted by molar-refractivity contribution is 5.49. The van der Waals surface area contributed by atoms with Gasteiger partial charge in [0.25, 0.3) is 0 Å². The fourth-order valence-corrected chi connectivity index (χ4v) is 2.03. The van der Waals surface area contributed by atoms with Crippen LogP contribution in [0.5, 0.6) is 0 Å². The third-order valence-electron chi connectivity index (χ3n) is 2.81. The van der Waals surface area contributed by atoms with Crippen LogP contribution in [0, 0.1) is 0 Å². The molecule has 88 valence electrons. The summed E-state index contributed by atoms with van der Waals surface area (Å²) in [6.07, 6.45) is 6.37. The lowest BCUT2D eigenvalue weighted by molar-refractivity contribution is -0.110. The second-order valence-electron chi connectivity index (χ2n) is 3.84. The molecule has 0 fully saturated rings. The van der Waals surface area contributed by atoms with E-state index in [2.05, 4.69) is 27.6 Å². The van der Waals surface area contributed by atoms with Gasteiger partial charge in [0.05, 0.1) is 6.04 Å². The lowest BCUT2D eigenvalue weighted by Crippen LogP contribution is -2.16. The van der Waals surface area contributed by atoms with Gasteiger partial charge in [-0.1, -0.05) is 24.3 Å². The molecule has 1 aromatic carbocycles. The molecule has 17 heavy (non-hydrogen) atoms. The summed E-state index contributed by atoms with van der Waals surface area (Å²) in [6, 6.07) is 10.4. The van der Waals surface area contributed by atoms with Crippen LogP contribution >= 0.6 is 0 Å². The van der Waals surface area contributed by atoms with Crippen LogP contribution < -0.4 is 5.32 Å². The lowest BCUT2D eigenvalue weighted by atomic mass is 10.1. The van der Waals surface area contributed by atoms with Crippen LogP contribution in [0.1, 0.15) is 23.6 Å². The number of rotatable bonds is 2. The number of aryl methyl sites for hydroxylation is 1. The molecule has 1 unspecified atom stereocenters. The summed E-state index contributed by atoms with van der Waals surface area (Å²) < 4.78 is 0. The number of hydrogen-bond acceptors (Lipinski definition) is 2. The number of nitrogens with one attached hydrogen (secondary N) is 2. The van der Waals surface area contributed by atoms with Gasteiger partial charge in [0.15, 0.2) is 0 Å². The summed E-state index contributed by atoms with van der Waals surface area (Å²) in [7, 11) is 0. The van der Waals surface area contributed by atoms with Gasteiger partial charge in [-0.3, -0.25) is 9.89 Å². The maximum atomic E-state index is 10.3. The molecule has 1 amide bonds. The molecule has 0 saturated carbocycles. The molecule has 0 radical (unpaired) electrons. The molecule has 0 aliphatic heterocycles. The number of carbonyl (C=O) groups is 1. The maximum Gasteiger partial charge on any atom is 0.207 e. The molecule has 3 rings (SSSR count). The van der Waals surface area contributed by atoms with Gasteiger partial charge in [-0.15, -0.1) is 0 Å². The van der Waals surface area contributed by atoms with Crippen molar-refractivity contribution < 1.29 is 4.79 Å². The van der Waals surface area contributed by atoms with Gasteiger partial charge in [0, 0.05) is 12.4 Å². The van der Waals surface area contributed by atoms with Crippen LogP contribution in [-0.4, -0.2) is 16.6 Å². The van der Waals surface area contributed by atoms with Crippen LogP contribution in [0.15, 0.2) is 42.7 Å². The molecule has 2 N–H and O–H groups in total. The fourth-order valence-electron chi connectivity index (χ4n) is 2.03. The molecule has 0 saturated heterocycles. The number of fused-ring (bicyclic) bond motifs is 1. The number of hydrogen-bond donors (Lipinski definition) is 2. The Morgan fingerprint density at radius 1 is 1.35 bits per heavy atom. The van der Waals surface area contributed by atoms with E-state index in [1.54, 1.807) is 12.4 Å². The summed E-state index contributed by atoms with van der Waals surface area (Å²) in [6.45, 7) is 0. The van der Waals surface area contributed by atoms with Crippen molar-refractivity contribution in [1.29, 1.82) is 0 Å². The van der Waals surface area contributed by atoms with Gasteiger partial charge in [-0.25, -0.2) is 0 Å². The van der Waals surface area contributed by atoms with Crippen molar-refractivity contribution in [3.63, 3.8) is 0 Å². The molecule has 1 aromatic heterocycles. The van der Waals surface area contributed by atoms with Crippen LogP contribution in [0.2, 0.25) is 0 Å². The minimum atomic E-state index is 0.249. The van der Waals surface area contributed by atoms with Gasteiger partial charge < -0.3 is 5.32 Å². The van der Waals surface area contributed by atoms with Gasteiger partial charge in [-0.2, -0.15) is 5.10 Å². The highest BCUT2D eigenvalue weighted by Gasteiger charge is 2.20. The summed E-state index contributed by atoms with van der Waals surface area (Å²) in [5.41, 5.74) is 2.65. The zero-order valence-corrected chi connectivity index (χ0v) is 9.47. The Morgan fingerprint density at radius 2 is 2.24 bits per heavy atom. The Bertz CT molecular complexity index is 436. The summed E-state index contributed by atoms with van der Waals surface area (Å²) in [5.74, 6) is 0. The summed E-state index contributed by atoms with van der Waals surface area (Å²) in [5, 5.41) is 9.03. The number of aromatic amines is 1. The van der Waals surface area contributed by atoms with Crippen LogP contribution in [-0.2, 0) is 11.2 Å². The van der Waals surface area contributed by atoms with E-state index in [0.29, 0.717) is 0 Å². The molecule has 1 aliphatic rings. The Kier molecular flexibility index (Phi) is 3.91. The molecule has 2 aromatic rings. The Balaban J connectivity index is 0.000000181. The molecule has 0 bridgehead atoms. The van der Waals surface area contributed by atoms with Crippen molar-refractivity contribution >= 4 is 6.41 Å². The van der Waals surface area contributed by atoms with Crippen LogP contribution in [0.4, 0.5) is 0 Å². The molecule has 1 aliphatic carbocycles. The topological polar surface area (TPSA) is 57.8 Å². The Labute approximate surface area is 100 Å². The van der Waals surface area contributed by atoms with Crippen molar-refractivity contribution in [3.05, 3.63) is 53.9 Å². The number of aromatic nitrogens is 2. The van der Waals surface area contributed by atoms with Gasteiger partial charge in [0.2, 0.25) is 6.41 Å². The van der Waals surface area contributed by atoms with Crippen LogP contribution in [0.3, 0.4) is 0 Å². The standard InChI is InChI=1S/C10H11NO.C3H4N2/c12-7-11-10-6-5-8-3-1-2-4-9(8)10;1-2-4-5-3-1/h1-4,7,10H,5-6H2,(H,11,12);1-3H,(H,4,5). The van der Waals surface area contributed by atoms with E-state index in [1.165, 1.54) is 11.1 Å². The second-order valence-corrected chi connectivity index (χ2v) is 3.84. The SMILES string of the molecule is O=CNC1CCc2ccccc21.c1cn[nH]c1. The van der Waals surface area contributed by atoms with Crippen molar-refractivity contribution in [1.82, 2.24) is 15.5 Å². The summed E-state index contributed by atoms with van der Waals surface area (Å²) in [4.78, 5) is 10.3. The van der Waals surface area contributed by atoms with Crippen molar-refractivity contribution in [2.45, 2.75) is 18.9 Å². The first-order valence-electron chi connectivity index (χ1n) is 5.63. The van der Waals surface area contributed by atoms with Gasteiger partial charge >= 0.3 is 0 Å². The van der Waals surface area contributed by atoms with E-state index in [-0.39, 0.29) is 6.04 Å². The van der Waals surface area contributed by atoms with Crippen LogP contribution in [0.25, 0.3) is 0 Å². The van der Waals surface area contributed by atoms with E-state index < -0.39 is 0 Å². The number of amides is 1.